The van der Waals surface area contributed by atoms with Crippen LogP contribution in [0.4, 0.5) is 5.69 Å². The van der Waals surface area contributed by atoms with E-state index in [-0.39, 0.29) is 28.0 Å². The quantitative estimate of drug-likeness (QED) is 0.380. The molecule has 0 bridgehead atoms. The summed E-state index contributed by atoms with van der Waals surface area (Å²) in [6, 6.07) is 10.2. The Kier molecular flexibility index (Phi) is 6.15. The molecule has 4 rings (SSSR count). The third-order valence-electron chi connectivity index (χ3n) is 5.65. The molecular formula is C24H25N3O6. The number of carbonyl (C=O) groups excluding carboxylic acids is 1. The summed E-state index contributed by atoms with van der Waals surface area (Å²) in [5, 5.41) is 11.7. The molecule has 0 radical (unpaired) electrons. The van der Waals surface area contributed by atoms with Gasteiger partial charge >= 0.3 is 0 Å². The molecular weight excluding hydrogens is 426 g/mol. The summed E-state index contributed by atoms with van der Waals surface area (Å²) in [5.41, 5.74) is 0.550. The summed E-state index contributed by atoms with van der Waals surface area (Å²) in [6.45, 7) is 3.41. The average Bonchev–Trinajstić information content (AvgIpc) is 3.06. The fourth-order valence-corrected chi connectivity index (χ4v) is 4.20. The van der Waals surface area contributed by atoms with Gasteiger partial charge in [0.15, 0.2) is 5.43 Å². The summed E-state index contributed by atoms with van der Waals surface area (Å²) in [5.74, 6) is 0.111. The van der Waals surface area contributed by atoms with Crippen molar-refractivity contribution in [2.45, 2.75) is 19.4 Å². The highest BCUT2D eigenvalue weighted by Crippen LogP contribution is 2.39. The number of benzene rings is 2. The third-order valence-corrected chi connectivity index (χ3v) is 5.65. The molecule has 0 saturated heterocycles. The number of carbonyl (C=O) groups is 1. The minimum atomic E-state index is -0.762. The topological polar surface area (TPSA) is 106 Å². The van der Waals surface area contributed by atoms with E-state index >= 15 is 0 Å². The van der Waals surface area contributed by atoms with Crippen LogP contribution in [0, 0.1) is 10.1 Å². The Morgan fingerprint density at radius 3 is 2.67 bits per heavy atom. The smallest absolute Gasteiger partial charge is 0.290 e. The fraction of sp³-hybridized carbons (Fsp3) is 0.333. The molecule has 0 N–H and O–H groups in total. The first-order valence-electron chi connectivity index (χ1n) is 10.8. The maximum atomic E-state index is 13.5. The minimum absolute atomic E-state index is 0.0255. The maximum absolute atomic E-state index is 13.5. The molecule has 2 heterocycles. The number of fused-ring (bicyclic) bond motifs is 2. The molecule has 33 heavy (non-hydrogen) atoms. The predicted octanol–water partition coefficient (Wildman–Crippen LogP) is 3.60. The Labute approximate surface area is 190 Å². The van der Waals surface area contributed by atoms with Gasteiger partial charge in [-0.25, -0.2) is 0 Å². The number of hydrogen-bond acceptors (Lipinski definition) is 7. The van der Waals surface area contributed by atoms with Crippen LogP contribution in [-0.4, -0.2) is 54.4 Å². The first-order valence-corrected chi connectivity index (χ1v) is 10.8. The summed E-state index contributed by atoms with van der Waals surface area (Å²) >= 11 is 0. The summed E-state index contributed by atoms with van der Waals surface area (Å²) < 4.78 is 11.5. The highest BCUT2D eigenvalue weighted by Gasteiger charge is 2.42. The third kappa shape index (κ3) is 4.19. The van der Waals surface area contributed by atoms with Gasteiger partial charge in [-0.3, -0.25) is 19.7 Å². The summed E-state index contributed by atoms with van der Waals surface area (Å²) in [6.07, 6.45) is 0.667. The molecule has 1 aliphatic rings. The van der Waals surface area contributed by atoms with Crippen molar-refractivity contribution in [2.75, 3.05) is 33.8 Å². The maximum Gasteiger partial charge on any atom is 0.290 e. The van der Waals surface area contributed by atoms with Crippen LogP contribution in [0.25, 0.3) is 11.0 Å². The average molecular weight is 451 g/mol. The lowest BCUT2D eigenvalue weighted by Crippen LogP contribution is -2.32. The summed E-state index contributed by atoms with van der Waals surface area (Å²) in [7, 11) is 3.87. The van der Waals surface area contributed by atoms with Crippen molar-refractivity contribution in [3.05, 3.63) is 79.7 Å². The molecule has 1 aromatic heterocycles. The van der Waals surface area contributed by atoms with Crippen LogP contribution in [0.15, 0.2) is 51.7 Å². The Balaban J connectivity index is 1.88. The Bertz CT molecular complexity index is 1280. The van der Waals surface area contributed by atoms with Crippen molar-refractivity contribution >= 4 is 22.6 Å². The van der Waals surface area contributed by atoms with Gasteiger partial charge in [-0.05, 0) is 51.7 Å². The van der Waals surface area contributed by atoms with E-state index in [2.05, 4.69) is 0 Å². The first-order chi connectivity index (χ1) is 15.8. The highest BCUT2D eigenvalue weighted by molar-refractivity contribution is 5.99. The summed E-state index contributed by atoms with van der Waals surface area (Å²) in [4.78, 5) is 41.4. The van der Waals surface area contributed by atoms with Gasteiger partial charge in [0.2, 0.25) is 5.76 Å². The lowest BCUT2D eigenvalue weighted by molar-refractivity contribution is -0.384. The lowest BCUT2D eigenvalue weighted by Gasteiger charge is -2.25. The lowest BCUT2D eigenvalue weighted by atomic mass is 9.98. The van der Waals surface area contributed by atoms with Gasteiger partial charge in [0.25, 0.3) is 11.6 Å². The van der Waals surface area contributed by atoms with E-state index in [9.17, 15) is 19.7 Å². The normalized spacial score (nSPS) is 15.3. The van der Waals surface area contributed by atoms with E-state index in [4.69, 9.17) is 9.15 Å². The van der Waals surface area contributed by atoms with Crippen molar-refractivity contribution in [1.82, 2.24) is 9.80 Å². The number of non-ortho nitro benzene ring substituents is 1. The largest absolute Gasteiger partial charge is 0.494 e. The number of amides is 1. The second-order valence-electron chi connectivity index (χ2n) is 8.17. The molecule has 9 nitrogen and oxygen atoms in total. The van der Waals surface area contributed by atoms with E-state index in [0.29, 0.717) is 36.3 Å². The van der Waals surface area contributed by atoms with Crippen molar-refractivity contribution in [3.8, 4) is 5.75 Å². The number of rotatable bonds is 8. The number of nitro groups is 1. The van der Waals surface area contributed by atoms with Crippen LogP contribution in [-0.2, 0) is 0 Å². The standard InChI is InChI=1S/C24H25N3O6/c1-4-32-17-9-10-18-19(14-17)33-23-20(22(18)28)21(15-7-5-8-16(13-15)27(30)31)26(24(23)29)12-6-11-25(2)3/h5,7-10,13-14,21H,4,6,11-12H2,1-3H3. The van der Waals surface area contributed by atoms with E-state index in [1.165, 1.54) is 12.1 Å². The molecule has 9 heteroatoms. The van der Waals surface area contributed by atoms with E-state index < -0.39 is 16.9 Å². The first kappa shape index (κ1) is 22.5. The van der Waals surface area contributed by atoms with Gasteiger partial charge in [-0.1, -0.05) is 12.1 Å². The van der Waals surface area contributed by atoms with Gasteiger partial charge in [-0.2, -0.15) is 0 Å². The predicted molar refractivity (Wildman–Crippen MR) is 123 cm³/mol. The SMILES string of the molecule is CCOc1ccc2c(=O)c3c(oc2c1)C(=O)N(CCCN(C)C)C3c1cccc([N+](=O)[O-])c1. The molecule has 0 aliphatic carbocycles. The second-order valence-corrected chi connectivity index (χ2v) is 8.17. The Morgan fingerprint density at radius 1 is 1.18 bits per heavy atom. The van der Waals surface area contributed by atoms with Crippen LogP contribution in [0.1, 0.15) is 41.1 Å². The van der Waals surface area contributed by atoms with Crippen LogP contribution in [0.2, 0.25) is 0 Å². The van der Waals surface area contributed by atoms with Gasteiger partial charge in [-0.15, -0.1) is 0 Å². The molecule has 1 unspecified atom stereocenters. The van der Waals surface area contributed by atoms with Gasteiger partial charge in [0.05, 0.1) is 28.5 Å². The van der Waals surface area contributed by atoms with E-state index in [0.717, 1.165) is 6.54 Å². The van der Waals surface area contributed by atoms with Crippen molar-refractivity contribution in [2.24, 2.45) is 0 Å². The van der Waals surface area contributed by atoms with Crippen molar-refractivity contribution in [3.63, 3.8) is 0 Å². The van der Waals surface area contributed by atoms with E-state index in [1.54, 1.807) is 35.2 Å². The van der Waals surface area contributed by atoms with Crippen LogP contribution in [0.5, 0.6) is 5.75 Å². The van der Waals surface area contributed by atoms with Crippen LogP contribution in [0.3, 0.4) is 0 Å². The molecule has 172 valence electrons. The highest BCUT2D eigenvalue weighted by atomic mass is 16.6. The zero-order valence-electron chi connectivity index (χ0n) is 18.7. The molecule has 1 amide bonds. The molecule has 1 aliphatic heterocycles. The molecule has 3 aromatic rings. The number of ether oxygens (including phenoxy) is 1. The Morgan fingerprint density at radius 2 is 1.97 bits per heavy atom. The van der Waals surface area contributed by atoms with Crippen LogP contribution >= 0.6 is 0 Å². The molecule has 0 saturated carbocycles. The monoisotopic (exact) mass is 451 g/mol. The van der Waals surface area contributed by atoms with Gasteiger partial charge in [0, 0.05) is 24.7 Å². The zero-order valence-corrected chi connectivity index (χ0v) is 18.7. The molecule has 2 aromatic carbocycles. The molecule has 1 atom stereocenters. The fourth-order valence-electron chi connectivity index (χ4n) is 4.20. The number of nitro benzene ring substituents is 1. The van der Waals surface area contributed by atoms with Crippen molar-refractivity contribution in [1.29, 1.82) is 0 Å². The van der Waals surface area contributed by atoms with Crippen LogP contribution < -0.4 is 10.2 Å². The molecule has 0 fully saturated rings. The Hall–Kier alpha value is -3.72. The second kappa shape index (κ2) is 9.03. The number of nitrogens with zero attached hydrogens (tertiary/aromatic N) is 3. The number of hydrogen-bond donors (Lipinski definition) is 0. The zero-order chi connectivity index (χ0) is 23.7. The van der Waals surface area contributed by atoms with E-state index in [1.807, 2.05) is 25.9 Å². The minimum Gasteiger partial charge on any atom is -0.494 e. The molecule has 0 spiro atoms. The van der Waals surface area contributed by atoms with Gasteiger partial charge < -0.3 is 19.0 Å². The van der Waals surface area contributed by atoms with Gasteiger partial charge in [0.1, 0.15) is 11.3 Å². The van der Waals surface area contributed by atoms with Crippen molar-refractivity contribution < 1.29 is 18.9 Å².